The predicted molar refractivity (Wildman–Crippen MR) is 86.1 cm³/mol. The van der Waals surface area contributed by atoms with Gasteiger partial charge >= 0.3 is 0 Å². The lowest BCUT2D eigenvalue weighted by Gasteiger charge is -2.48. The molecule has 1 saturated carbocycles. The standard InChI is InChI=1S/C17H25BrFN/c1-16(2,3)15-6-4-5-9-17(15,20)11-12-7-8-13(19)10-14(12)18/h7-8,10,15H,4-6,9,11,20H2,1-3H3. The molecule has 2 rings (SSSR count). The van der Waals surface area contributed by atoms with Crippen molar-refractivity contribution in [1.82, 2.24) is 0 Å². The van der Waals surface area contributed by atoms with Crippen molar-refractivity contribution < 1.29 is 4.39 Å². The molecule has 2 unspecified atom stereocenters. The second-order valence-corrected chi connectivity index (χ2v) is 8.16. The molecule has 2 N–H and O–H groups in total. The monoisotopic (exact) mass is 341 g/mol. The number of nitrogens with two attached hydrogens (primary N) is 1. The average Bonchev–Trinajstić information content (AvgIpc) is 2.32. The third-order valence-electron chi connectivity index (χ3n) is 4.66. The third kappa shape index (κ3) is 3.43. The van der Waals surface area contributed by atoms with Crippen molar-refractivity contribution in [2.24, 2.45) is 17.1 Å². The Morgan fingerprint density at radius 2 is 2.05 bits per heavy atom. The molecule has 1 aliphatic rings. The largest absolute Gasteiger partial charge is 0.325 e. The van der Waals surface area contributed by atoms with Crippen LogP contribution in [0.5, 0.6) is 0 Å². The maximum absolute atomic E-state index is 13.2. The van der Waals surface area contributed by atoms with Gasteiger partial charge in [0.2, 0.25) is 0 Å². The van der Waals surface area contributed by atoms with Crippen molar-refractivity contribution in [3.8, 4) is 0 Å². The third-order valence-corrected chi connectivity index (χ3v) is 5.40. The van der Waals surface area contributed by atoms with Crippen molar-refractivity contribution in [3.05, 3.63) is 34.1 Å². The van der Waals surface area contributed by atoms with Crippen LogP contribution < -0.4 is 5.73 Å². The van der Waals surface area contributed by atoms with E-state index in [0.29, 0.717) is 5.92 Å². The van der Waals surface area contributed by atoms with Crippen LogP contribution in [0.3, 0.4) is 0 Å². The highest BCUT2D eigenvalue weighted by Crippen LogP contribution is 2.45. The Morgan fingerprint density at radius 1 is 1.35 bits per heavy atom. The molecule has 0 saturated heterocycles. The van der Waals surface area contributed by atoms with Crippen LogP contribution in [0.4, 0.5) is 4.39 Å². The molecule has 0 aromatic heterocycles. The first-order valence-corrected chi connectivity index (χ1v) is 8.24. The Kier molecular flexibility index (Phi) is 4.60. The first-order chi connectivity index (χ1) is 9.22. The van der Waals surface area contributed by atoms with E-state index in [1.54, 1.807) is 0 Å². The van der Waals surface area contributed by atoms with Crippen LogP contribution >= 0.6 is 15.9 Å². The van der Waals surface area contributed by atoms with Gasteiger partial charge in [0.25, 0.3) is 0 Å². The summed E-state index contributed by atoms with van der Waals surface area (Å²) < 4.78 is 14.1. The van der Waals surface area contributed by atoms with E-state index in [0.717, 1.165) is 22.9 Å². The fourth-order valence-electron chi connectivity index (χ4n) is 3.79. The Hall–Kier alpha value is -0.410. The molecule has 0 spiro atoms. The summed E-state index contributed by atoms with van der Waals surface area (Å²) in [5.41, 5.74) is 7.96. The number of hydrogen-bond donors (Lipinski definition) is 1. The van der Waals surface area contributed by atoms with Gasteiger partial charge in [-0.2, -0.15) is 0 Å². The van der Waals surface area contributed by atoms with E-state index in [4.69, 9.17) is 5.73 Å². The zero-order valence-electron chi connectivity index (χ0n) is 12.7. The van der Waals surface area contributed by atoms with Crippen LogP contribution in [0, 0.1) is 17.2 Å². The zero-order chi connectivity index (χ0) is 15.0. The van der Waals surface area contributed by atoms with Gasteiger partial charge in [0.05, 0.1) is 0 Å². The van der Waals surface area contributed by atoms with Crippen LogP contribution in [0.2, 0.25) is 0 Å². The summed E-state index contributed by atoms with van der Waals surface area (Å²) >= 11 is 3.47. The minimum absolute atomic E-state index is 0.184. The van der Waals surface area contributed by atoms with Crippen molar-refractivity contribution >= 4 is 15.9 Å². The number of hydrogen-bond acceptors (Lipinski definition) is 1. The van der Waals surface area contributed by atoms with Gasteiger partial charge in [-0.3, -0.25) is 0 Å². The number of benzene rings is 1. The van der Waals surface area contributed by atoms with Gasteiger partial charge in [-0.05, 0) is 48.3 Å². The van der Waals surface area contributed by atoms with Crippen molar-refractivity contribution in [2.75, 3.05) is 0 Å². The van der Waals surface area contributed by atoms with Crippen LogP contribution in [0.15, 0.2) is 22.7 Å². The summed E-state index contributed by atoms with van der Waals surface area (Å²) in [5, 5.41) is 0. The van der Waals surface area contributed by atoms with Gasteiger partial charge in [0.15, 0.2) is 0 Å². The second kappa shape index (κ2) is 5.76. The quantitative estimate of drug-likeness (QED) is 0.798. The molecule has 3 heteroatoms. The summed E-state index contributed by atoms with van der Waals surface area (Å²) in [5.74, 6) is 0.295. The fraction of sp³-hybridized carbons (Fsp3) is 0.647. The van der Waals surface area contributed by atoms with Crippen molar-refractivity contribution in [1.29, 1.82) is 0 Å². The van der Waals surface area contributed by atoms with Gasteiger partial charge in [0.1, 0.15) is 5.82 Å². The molecule has 20 heavy (non-hydrogen) atoms. The summed E-state index contributed by atoms with van der Waals surface area (Å²) in [4.78, 5) is 0. The molecule has 1 aromatic rings. The predicted octanol–water partition coefficient (Wildman–Crippen LogP) is 5.06. The number of rotatable bonds is 2. The smallest absolute Gasteiger partial charge is 0.124 e. The molecule has 2 atom stereocenters. The van der Waals surface area contributed by atoms with Gasteiger partial charge < -0.3 is 5.73 Å². The molecule has 1 fully saturated rings. The molecule has 112 valence electrons. The highest BCUT2D eigenvalue weighted by molar-refractivity contribution is 9.10. The van der Waals surface area contributed by atoms with Gasteiger partial charge in [0, 0.05) is 10.0 Å². The van der Waals surface area contributed by atoms with E-state index in [2.05, 4.69) is 36.7 Å². The van der Waals surface area contributed by atoms with Gasteiger partial charge in [-0.15, -0.1) is 0 Å². The maximum atomic E-state index is 13.2. The van der Waals surface area contributed by atoms with E-state index in [9.17, 15) is 4.39 Å². The Balaban J connectivity index is 2.28. The van der Waals surface area contributed by atoms with Crippen molar-refractivity contribution in [2.45, 2.75) is 58.4 Å². The summed E-state index contributed by atoms with van der Waals surface area (Å²) in [6.07, 6.45) is 5.53. The SMILES string of the molecule is CC(C)(C)C1CCCCC1(N)Cc1ccc(F)cc1Br. The lowest BCUT2D eigenvalue weighted by atomic mass is 9.61. The van der Waals surface area contributed by atoms with E-state index >= 15 is 0 Å². The first kappa shape index (κ1) is 16.0. The lowest BCUT2D eigenvalue weighted by molar-refractivity contribution is 0.0792. The summed E-state index contributed by atoms with van der Waals surface area (Å²) in [6, 6.07) is 4.92. The fourth-order valence-corrected chi connectivity index (χ4v) is 4.28. The minimum atomic E-state index is -0.206. The highest BCUT2D eigenvalue weighted by atomic mass is 79.9. The molecule has 0 amide bonds. The van der Waals surface area contributed by atoms with Gasteiger partial charge in [-0.1, -0.05) is 55.6 Å². The van der Waals surface area contributed by atoms with E-state index in [1.807, 2.05) is 6.07 Å². The molecule has 0 radical (unpaired) electrons. The normalized spacial score (nSPS) is 27.6. The van der Waals surface area contributed by atoms with Crippen LogP contribution in [-0.4, -0.2) is 5.54 Å². The molecule has 0 aliphatic heterocycles. The molecular weight excluding hydrogens is 317 g/mol. The molecule has 1 nitrogen and oxygen atoms in total. The Labute approximate surface area is 130 Å². The van der Waals surface area contributed by atoms with E-state index in [-0.39, 0.29) is 16.8 Å². The average molecular weight is 342 g/mol. The highest BCUT2D eigenvalue weighted by Gasteiger charge is 2.43. The molecule has 1 aliphatic carbocycles. The molecule has 0 heterocycles. The zero-order valence-corrected chi connectivity index (χ0v) is 14.3. The summed E-state index contributed by atoms with van der Waals surface area (Å²) in [7, 11) is 0. The second-order valence-electron chi connectivity index (χ2n) is 7.31. The molecule has 1 aromatic carbocycles. The van der Waals surface area contributed by atoms with Crippen LogP contribution in [0.25, 0.3) is 0 Å². The van der Waals surface area contributed by atoms with Crippen LogP contribution in [-0.2, 0) is 6.42 Å². The Bertz CT molecular complexity index is 480. The van der Waals surface area contributed by atoms with Gasteiger partial charge in [-0.25, -0.2) is 4.39 Å². The van der Waals surface area contributed by atoms with Crippen molar-refractivity contribution in [3.63, 3.8) is 0 Å². The maximum Gasteiger partial charge on any atom is 0.124 e. The summed E-state index contributed by atoms with van der Waals surface area (Å²) in [6.45, 7) is 6.85. The van der Waals surface area contributed by atoms with Crippen LogP contribution in [0.1, 0.15) is 52.0 Å². The first-order valence-electron chi connectivity index (χ1n) is 7.45. The molecular formula is C17H25BrFN. The topological polar surface area (TPSA) is 26.0 Å². The van der Waals surface area contributed by atoms with E-state index < -0.39 is 0 Å². The Morgan fingerprint density at radius 3 is 2.65 bits per heavy atom. The minimum Gasteiger partial charge on any atom is -0.325 e. The number of halogens is 2. The molecule has 0 bridgehead atoms. The van der Waals surface area contributed by atoms with E-state index in [1.165, 1.54) is 31.4 Å². The lowest BCUT2D eigenvalue weighted by Crippen LogP contribution is -2.55.